The summed E-state index contributed by atoms with van der Waals surface area (Å²) >= 11 is 0. The minimum absolute atomic E-state index is 0.127. The first-order valence-corrected chi connectivity index (χ1v) is 6.34. The number of alkyl halides is 2. The maximum Gasteiger partial charge on any atom is 0.387 e. The van der Waals surface area contributed by atoms with Gasteiger partial charge in [-0.15, -0.1) is 0 Å². The van der Waals surface area contributed by atoms with Crippen molar-refractivity contribution in [1.29, 1.82) is 0 Å². The molecule has 1 aromatic heterocycles. The molecule has 4 nitrogen and oxygen atoms in total. The highest BCUT2D eigenvalue weighted by atomic mass is 19.3. The predicted molar refractivity (Wildman–Crippen MR) is 74.4 cm³/mol. The molecule has 0 spiro atoms. The van der Waals surface area contributed by atoms with Crippen LogP contribution in [0, 0.1) is 0 Å². The van der Waals surface area contributed by atoms with E-state index in [1.807, 2.05) is 24.3 Å². The number of hydrogen-bond acceptors (Lipinski definition) is 4. The van der Waals surface area contributed by atoms with E-state index >= 15 is 0 Å². The molecule has 0 amide bonds. The van der Waals surface area contributed by atoms with Gasteiger partial charge in [0, 0.05) is 6.54 Å². The Morgan fingerprint density at radius 1 is 1.14 bits per heavy atom. The zero-order valence-electron chi connectivity index (χ0n) is 10.9. The number of aromatic nitrogens is 1. The lowest BCUT2D eigenvalue weighted by Gasteiger charge is -2.06. The highest BCUT2D eigenvalue weighted by molar-refractivity contribution is 5.74. The summed E-state index contributed by atoms with van der Waals surface area (Å²) < 4.78 is 34.2. The second-order valence-electron chi connectivity index (χ2n) is 4.37. The second-order valence-corrected chi connectivity index (χ2v) is 4.37. The van der Waals surface area contributed by atoms with E-state index in [1.165, 1.54) is 6.07 Å². The fourth-order valence-electron chi connectivity index (χ4n) is 1.96. The van der Waals surface area contributed by atoms with Gasteiger partial charge in [0.1, 0.15) is 11.3 Å². The van der Waals surface area contributed by atoms with Crippen molar-refractivity contribution >= 4 is 17.1 Å². The first-order chi connectivity index (χ1) is 10.2. The number of hydrogen-bond donors (Lipinski definition) is 1. The molecule has 0 saturated heterocycles. The second kappa shape index (κ2) is 5.78. The van der Waals surface area contributed by atoms with Crippen molar-refractivity contribution in [3.8, 4) is 5.75 Å². The molecule has 0 aliphatic carbocycles. The van der Waals surface area contributed by atoms with Gasteiger partial charge in [-0.05, 0) is 29.8 Å². The summed E-state index contributed by atoms with van der Waals surface area (Å²) in [5.41, 5.74) is 2.24. The van der Waals surface area contributed by atoms with Gasteiger partial charge in [0.15, 0.2) is 5.58 Å². The van der Waals surface area contributed by atoms with E-state index in [-0.39, 0.29) is 5.75 Å². The molecule has 6 heteroatoms. The van der Waals surface area contributed by atoms with E-state index in [0.29, 0.717) is 18.1 Å². The third kappa shape index (κ3) is 3.28. The first kappa shape index (κ1) is 13.4. The summed E-state index contributed by atoms with van der Waals surface area (Å²) in [6.07, 6.45) is 0. The maximum absolute atomic E-state index is 12.2. The first-order valence-electron chi connectivity index (χ1n) is 6.34. The Kier molecular flexibility index (Phi) is 3.68. The van der Waals surface area contributed by atoms with E-state index < -0.39 is 6.61 Å². The number of halogens is 2. The van der Waals surface area contributed by atoms with E-state index in [9.17, 15) is 8.78 Å². The average Bonchev–Trinajstić information content (AvgIpc) is 2.87. The molecule has 3 rings (SSSR count). The topological polar surface area (TPSA) is 47.3 Å². The van der Waals surface area contributed by atoms with Crippen molar-refractivity contribution in [3.05, 3.63) is 54.1 Å². The number of anilines is 1. The molecular formula is C15H12F2N2O2. The Balaban J connectivity index is 1.69. The van der Waals surface area contributed by atoms with Gasteiger partial charge in [-0.1, -0.05) is 24.3 Å². The van der Waals surface area contributed by atoms with Crippen LogP contribution in [-0.2, 0) is 6.54 Å². The van der Waals surface area contributed by atoms with Crippen molar-refractivity contribution in [1.82, 2.24) is 4.98 Å². The molecule has 108 valence electrons. The molecular weight excluding hydrogens is 278 g/mol. The maximum atomic E-state index is 12.2. The number of ether oxygens (including phenoxy) is 1. The lowest BCUT2D eigenvalue weighted by Crippen LogP contribution is -2.03. The lowest BCUT2D eigenvalue weighted by atomic mass is 10.2. The normalized spacial score (nSPS) is 11.0. The number of nitrogens with zero attached hydrogens (tertiary/aromatic N) is 1. The van der Waals surface area contributed by atoms with E-state index in [1.54, 1.807) is 18.2 Å². The predicted octanol–water partition coefficient (Wildman–Crippen LogP) is 4.04. The molecule has 0 fully saturated rings. The standard InChI is InChI=1S/C15H12F2N2O2/c16-14(17)20-11-5-3-4-10(8-11)9-18-15-19-12-6-1-2-7-13(12)21-15/h1-8,14H,9H2,(H,18,19). The van der Waals surface area contributed by atoms with Crippen LogP contribution in [0.1, 0.15) is 5.56 Å². The van der Waals surface area contributed by atoms with Crippen molar-refractivity contribution in [2.45, 2.75) is 13.2 Å². The lowest BCUT2D eigenvalue weighted by molar-refractivity contribution is -0.0498. The van der Waals surface area contributed by atoms with E-state index in [0.717, 1.165) is 11.1 Å². The monoisotopic (exact) mass is 290 g/mol. The summed E-state index contributed by atoms with van der Waals surface area (Å²) in [6, 6.07) is 14.3. The fourth-order valence-corrected chi connectivity index (χ4v) is 1.96. The quantitative estimate of drug-likeness (QED) is 0.770. The zero-order valence-corrected chi connectivity index (χ0v) is 10.9. The summed E-state index contributed by atoms with van der Waals surface area (Å²) in [5, 5.41) is 3.01. The van der Waals surface area contributed by atoms with Gasteiger partial charge in [0.2, 0.25) is 0 Å². The van der Waals surface area contributed by atoms with Gasteiger partial charge in [-0.25, -0.2) is 0 Å². The molecule has 0 bridgehead atoms. The third-order valence-electron chi connectivity index (χ3n) is 2.86. The van der Waals surface area contributed by atoms with Gasteiger partial charge in [0.05, 0.1) is 0 Å². The Labute approximate surface area is 119 Å². The Morgan fingerprint density at radius 2 is 2.00 bits per heavy atom. The molecule has 21 heavy (non-hydrogen) atoms. The van der Waals surface area contributed by atoms with Gasteiger partial charge in [0.25, 0.3) is 6.01 Å². The van der Waals surface area contributed by atoms with Crippen LogP contribution >= 0.6 is 0 Å². The van der Waals surface area contributed by atoms with Gasteiger partial charge in [-0.2, -0.15) is 13.8 Å². The van der Waals surface area contributed by atoms with Gasteiger partial charge >= 0.3 is 6.61 Å². The smallest absolute Gasteiger partial charge is 0.387 e. The van der Waals surface area contributed by atoms with E-state index in [2.05, 4.69) is 15.0 Å². The third-order valence-corrected chi connectivity index (χ3v) is 2.86. The van der Waals surface area contributed by atoms with Crippen LogP contribution in [0.15, 0.2) is 52.9 Å². The molecule has 2 aromatic carbocycles. The number of benzene rings is 2. The van der Waals surface area contributed by atoms with Crippen LogP contribution in [0.3, 0.4) is 0 Å². The van der Waals surface area contributed by atoms with Crippen LogP contribution in [0.2, 0.25) is 0 Å². The molecule has 0 unspecified atom stereocenters. The number of oxazole rings is 1. The Morgan fingerprint density at radius 3 is 2.81 bits per heavy atom. The number of fused-ring (bicyclic) bond motifs is 1. The molecule has 3 aromatic rings. The Bertz CT molecular complexity index is 710. The molecule has 1 N–H and O–H groups in total. The summed E-state index contributed by atoms with van der Waals surface area (Å²) in [5.74, 6) is 0.127. The Hall–Kier alpha value is -2.63. The highest BCUT2D eigenvalue weighted by Crippen LogP contribution is 2.20. The minimum Gasteiger partial charge on any atom is -0.435 e. The van der Waals surface area contributed by atoms with Crippen LogP contribution < -0.4 is 10.1 Å². The van der Waals surface area contributed by atoms with Crippen molar-refractivity contribution < 1.29 is 17.9 Å². The molecule has 0 radical (unpaired) electrons. The van der Waals surface area contributed by atoms with E-state index in [4.69, 9.17) is 4.42 Å². The number of para-hydroxylation sites is 2. The summed E-state index contributed by atoms with van der Waals surface area (Å²) in [6.45, 7) is -2.43. The number of rotatable bonds is 5. The van der Waals surface area contributed by atoms with Crippen LogP contribution in [-0.4, -0.2) is 11.6 Å². The molecule has 0 saturated carbocycles. The largest absolute Gasteiger partial charge is 0.435 e. The SMILES string of the molecule is FC(F)Oc1cccc(CNc2nc3ccccc3o2)c1. The van der Waals surface area contributed by atoms with Crippen molar-refractivity contribution in [2.24, 2.45) is 0 Å². The average molecular weight is 290 g/mol. The summed E-state index contributed by atoms with van der Waals surface area (Å²) in [7, 11) is 0. The van der Waals surface area contributed by atoms with Crippen LogP contribution in [0.4, 0.5) is 14.8 Å². The minimum atomic E-state index is -2.83. The van der Waals surface area contributed by atoms with Crippen LogP contribution in [0.25, 0.3) is 11.1 Å². The molecule has 0 aliphatic heterocycles. The molecule has 1 heterocycles. The zero-order chi connectivity index (χ0) is 14.7. The van der Waals surface area contributed by atoms with Crippen molar-refractivity contribution in [3.63, 3.8) is 0 Å². The molecule has 0 atom stereocenters. The van der Waals surface area contributed by atoms with Crippen LogP contribution in [0.5, 0.6) is 5.75 Å². The van der Waals surface area contributed by atoms with Crippen molar-refractivity contribution in [2.75, 3.05) is 5.32 Å². The van der Waals surface area contributed by atoms with Gasteiger partial charge in [-0.3, -0.25) is 0 Å². The summed E-state index contributed by atoms with van der Waals surface area (Å²) in [4.78, 5) is 4.27. The molecule has 0 aliphatic rings. The number of nitrogens with one attached hydrogen (secondary N) is 1. The fraction of sp³-hybridized carbons (Fsp3) is 0.133. The highest BCUT2D eigenvalue weighted by Gasteiger charge is 2.06. The van der Waals surface area contributed by atoms with Gasteiger partial charge < -0.3 is 14.5 Å².